The molecule has 6 nitrogen and oxygen atoms in total. The highest BCUT2D eigenvalue weighted by Gasteiger charge is 2.12. The Morgan fingerprint density at radius 2 is 2.11 bits per heavy atom. The molecule has 140 valence electrons. The summed E-state index contributed by atoms with van der Waals surface area (Å²) in [6, 6.07) is 13.0. The predicted molar refractivity (Wildman–Crippen MR) is 115 cm³/mol. The Kier molecular flexibility index (Phi) is 5.56. The SMILES string of the molecule is COC(=O)c1cccc(Sc2cc(Br)cnc2Nc2nc3cccnc3s2)c1. The second kappa shape index (κ2) is 8.26. The lowest BCUT2D eigenvalue weighted by molar-refractivity contribution is 0.0600. The molecule has 1 N–H and O–H groups in total. The fourth-order valence-corrected chi connectivity index (χ4v) is 4.71. The summed E-state index contributed by atoms with van der Waals surface area (Å²) in [4.78, 5) is 27.8. The Labute approximate surface area is 177 Å². The number of nitrogens with zero attached hydrogens (tertiary/aromatic N) is 3. The first-order chi connectivity index (χ1) is 13.6. The number of carbonyl (C=O) groups is 1. The molecule has 0 fully saturated rings. The number of hydrogen-bond donors (Lipinski definition) is 1. The zero-order valence-corrected chi connectivity index (χ0v) is 17.8. The Balaban J connectivity index is 1.64. The van der Waals surface area contributed by atoms with E-state index in [2.05, 4.69) is 36.2 Å². The van der Waals surface area contributed by atoms with Gasteiger partial charge in [0.15, 0.2) is 5.13 Å². The van der Waals surface area contributed by atoms with Crippen molar-refractivity contribution in [3.05, 3.63) is 64.9 Å². The Bertz CT molecular complexity index is 1130. The molecule has 0 bridgehead atoms. The van der Waals surface area contributed by atoms with Gasteiger partial charge in [0.1, 0.15) is 16.2 Å². The van der Waals surface area contributed by atoms with Crippen LogP contribution in [0.25, 0.3) is 10.3 Å². The number of fused-ring (bicyclic) bond motifs is 1. The summed E-state index contributed by atoms with van der Waals surface area (Å²) in [7, 11) is 1.37. The minimum atomic E-state index is -0.366. The Morgan fingerprint density at radius 3 is 2.93 bits per heavy atom. The van der Waals surface area contributed by atoms with Gasteiger partial charge < -0.3 is 10.1 Å². The summed E-state index contributed by atoms with van der Waals surface area (Å²) in [5.74, 6) is 0.311. The van der Waals surface area contributed by atoms with Gasteiger partial charge in [0.25, 0.3) is 0 Å². The number of pyridine rings is 2. The minimum Gasteiger partial charge on any atom is -0.465 e. The van der Waals surface area contributed by atoms with E-state index in [0.29, 0.717) is 16.5 Å². The third-order valence-corrected chi connectivity index (χ3v) is 6.04. The van der Waals surface area contributed by atoms with E-state index in [1.807, 2.05) is 30.3 Å². The maximum atomic E-state index is 11.8. The highest BCUT2D eigenvalue weighted by molar-refractivity contribution is 9.10. The highest BCUT2D eigenvalue weighted by atomic mass is 79.9. The normalized spacial score (nSPS) is 10.8. The van der Waals surface area contributed by atoms with Crippen LogP contribution in [0.5, 0.6) is 0 Å². The third kappa shape index (κ3) is 4.16. The lowest BCUT2D eigenvalue weighted by atomic mass is 10.2. The fourth-order valence-electron chi connectivity index (χ4n) is 2.45. The molecule has 0 aliphatic rings. The van der Waals surface area contributed by atoms with Crippen molar-refractivity contribution in [3.63, 3.8) is 0 Å². The van der Waals surface area contributed by atoms with Crippen LogP contribution in [-0.2, 0) is 4.74 Å². The maximum absolute atomic E-state index is 11.8. The summed E-state index contributed by atoms with van der Waals surface area (Å²) < 4.78 is 5.66. The first-order valence-electron chi connectivity index (χ1n) is 8.13. The van der Waals surface area contributed by atoms with Crippen LogP contribution in [0.4, 0.5) is 10.9 Å². The van der Waals surface area contributed by atoms with Crippen LogP contribution in [0.3, 0.4) is 0 Å². The average Bonchev–Trinajstić information content (AvgIpc) is 3.12. The number of thiazole rings is 1. The van der Waals surface area contributed by atoms with Crippen LogP contribution < -0.4 is 5.32 Å². The topological polar surface area (TPSA) is 77.0 Å². The molecule has 0 saturated heterocycles. The van der Waals surface area contributed by atoms with Crippen molar-refractivity contribution in [1.29, 1.82) is 0 Å². The van der Waals surface area contributed by atoms with Gasteiger partial charge in [-0.3, -0.25) is 0 Å². The van der Waals surface area contributed by atoms with Crippen molar-refractivity contribution in [2.75, 3.05) is 12.4 Å². The van der Waals surface area contributed by atoms with Crippen molar-refractivity contribution in [2.24, 2.45) is 0 Å². The highest BCUT2D eigenvalue weighted by Crippen LogP contribution is 2.36. The van der Waals surface area contributed by atoms with Gasteiger partial charge >= 0.3 is 5.97 Å². The van der Waals surface area contributed by atoms with E-state index in [9.17, 15) is 4.79 Å². The quantitative estimate of drug-likeness (QED) is 0.382. The van der Waals surface area contributed by atoms with Crippen LogP contribution in [0.1, 0.15) is 10.4 Å². The molecule has 0 atom stereocenters. The lowest BCUT2D eigenvalue weighted by Gasteiger charge is -2.10. The number of halogens is 1. The second-order valence-corrected chi connectivity index (χ2v) is 8.60. The molecular weight excluding hydrogens is 460 g/mol. The van der Waals surface area contributed by atoms with Crippen LogP contribution >= 0.6 is 39.0 Å². The van der Waals surface area contributed by atoms with E-state index in [1.165, 1.54) is 30.2 Å². The first kappa shape index (κ1) is 18.9. The number of anilines is 2. The van der Waals surface area contributed by atoms with E-state index < -0.39 is 0 Å². The molecule has 4 aromatic rings. The molecule has 3 heterocycles. The van der Waals surface area contributed by atoms with Crippen molar-refractivity contribution < 1.29 is 9.53 Å². The van der Waals surface area contributed by atoms with Gasteiger partial charge in [-0.2, -0.15) is 0 Å². The molecular formula is C19H13BrN4O2S2. The van der Waals surface area contributed by atoms with Crippen LogP contribution in [-0.4, -0.2) is 28.0 Å². The van der Waals surface area contributed by atoms with E-state index >= 15 is 0 Å². The molecule has 0 radical (unpaired) electrons. The molecule has 0 amide bonds. The van der Waals surface area contributed by atoms with Crippen molar-refractivity contribution in [2.45, 2.75) is 9.79 Å². The van der Waals surface area contributed by atoms with Crippen LogP contribution in [0.15, 0.2) is 69.1 Å². The summed E-state index contributed by atoms with van der Waals surface area (Å²) in [5.41, 5.74) is 1.34. The van der Waals surface area contributed by atoms with Crippen LogP contribution in [0, 0.1) is 0 Å². The van der Waals surface area contributed by atoms with Gasteiger partial charge in [-0.25, -0.2) is 19.7 Å². The van der Waals surface area contributed by atoms with E-state index in [0.717, 1.165) is 24.6 Å². The Morgan fingerprint density at radius 1 is 1.21 bits per heavy atom. The number of benzene rings is 1. The van der Waals surface area contributed by atoms with Gasteiger partial charge in [0, 0.05) is 21.8 Å². The maximum Gasteiger partial charge on any atom is 0.337 e. The zero-order valence-electron chi connectivity index (χ0n) is 14.5. The van der Waals surface area contributed by atoms with Gasteiger partial charge in [-0.05, 0) is 52.3 Å². The number of aromatic nitrogens is 3. The molecule has 4 rings (SSSR count). The number of methoxy groups -OCH3 is 1. The second-order valence-electron chi connectivity index (χ2n) is 5.59. The lowest BCUT2D eigenvalue weighted by Crippen LogP contribution is -2.00. The molecule has 28 heavy (non-hydrogen) atoms. The largest absolute Gasteiger partial charge is 0.465 e. The zero-order chi connectivity index (χ0) is 19.5. The van der Waals surface area contributed by atoms with Gasteiger partial charge in [0.2, 0.25) is 0 Å². The molecule has 0 spiro atoms. The summed E-state index contributed by atoms with van der Waals surface area (Å²) in [6.07, 6.45) is 3.47. The fraction of sp³-hybridized carbons (Fsp3) is 0.0526. The number of esters is 1. The van der Waals surface area contributed by atoms with Gasteiger partial charge in [-0.1, -0.05) is 29.2 Å². The smallest absolute Gasteiger partial charge is 0.337 e. The molecule has 0 saturated carbocycles. The van der Waals surface area contributed by atoms with Gasteiger partial charge in [0.05, 0.1) is 17.6 Å². The predicted octanol–water partition coefficient (Wildman–Crippen LogP) is 5.53. The first-order valence-corrected chi connectivity index (χ1v) is 10.6. The number of carbonyl (C=O) groups excluding carboxylic acids is 1. The van der Waals surface area contributed by atoms with E-state index in [4.69, 9.17) is 4.74 Å². The number of hydrogen-bond acceptors (Lipinski definition) is 8. The summed E-state index contributed by atoms with van der Waals surface area (Å²) in [6.45, 7) is 0. The van der Waals surface area contributed by atoms with E-state index in [1.54, 1.807) is 24.5 Å². The summed E-state index contributed by atoms with van der Waals surface area (Å²) in [5, 5.41) is 4.00. The number of rotatable bonds is 5. The molecule has 3 aromatic heterocycles. The summed E-state index contributed by atoms with van der Waals surface area (Å²) >= 11 is 6.43. The van der Waals surface area contributed by atoms with Crippen molar-refractivity contribution in [1.82, 2.24) is 15.0 Å². The standard InChI is InChI=1S/C19H13BrN4O2S2/c1-26-18(25)11-4-2-5-13(8-11)27-15-9-12(20)10-22-16(15)24-19-23-14-6-3-7-21-17(14)28-19/h2-10H,1H3,(H,22,23,24). The Hall–Kier alpha value is -2.49. The molecule has 0 unspecified atom stereocenters. The molecule has 0 aliphatic heterocycles. The number of nitrogens with one attached hydrogen (secondary N) is 1. The molecule has 9 heteroatoms. The van der Waals surface area contributed by atoms with Crippen molar-refractivity contribution >= 4 is 66.3 Å². The van der Waals surface area contributed by atoms with E-state index in [-0.39, 0.29) is 5.97 Å². The average molecular weight is 473 g/mol. The third-order valence-electron chi connectivity index (χ3n) is 3.69. The van der Waals surface area contributed by atoms with Crippen LogP contribution in [0.2, 0.25) is 0 Å². The molecule has 0 aliphatic carbocycles. The van der Waals surface area contributed by atoms with Gasteiger partial charge in [-0.15, -0.1) is 0 Å². The molecule has 1 aromatic carbocycles. The van der Waals surface area contributed by atoms with Crippen molar-refractivity contribution in [3.8, 4) is 0 Å². The number of ether oxygens (including phenoxy) is 1. The minimum absolute atomic E-state index is 0.366. The monoisotopic (exact) mass is 472 g/mol.